The molecule has 110 valence electrons. The second kappa shape index (κ2) is 5.74. The number of ketones is 1. The lowest BCUT2D eigenvalue weighted by Gasteiger charge is -2.42. The van der Waals surface area contributed by atoms with Gasteiger partial charge in [0.25, 0.3) is 0 Å². The maximum atomic E-state index is 12.2. The van der Waals surface area contributed by atoms with Crippen LogP contribution in [0.2, 0.25) is 0 Å². The quantitative estimate of drug-likeness (QED) is 0.830. The van der Waals surface area contributed by atoms with Crippen LogP contribution in [-0.4, -0.2) is 34.5 Å². The third kappa shape index (κ3) is 2.72. The van der Waals surface area contributed by atoms with Gasteiger partial charge in [0.15, 0.2) is 0 Å². The summed E-state index contributed by atoms with van der Waals surface area (Å²) in [5.74, 6) is 2.04. The summed E-state index contributed by atoms with van der Waals surface area (Å²) in [6, 6.07) is 0. The minimum Gasteiger partial charge on any atom is -0.393 e. The van der Waals surface area contributed by atoms with Gasteiger partial charge in [-0.2, -0.15) is 11.8 Å². The van der Waals surface area contributed by atoms with E-state index >= 15 is 0 Å². The summed E-state index contributed by atoms with van der Waals surface area (Å²) in [6.07, 6.45) is 2.33. The van der Waals surface area contributed by atoms with E-state index < -0.39 is 6.10 Å². The van der Waals surface area contributed by atoms with E-state index in [4.69, 9.17) is 5.73 Å². The highest BCUT2D eigenvalue weighted by Crippen LogP contribution is 2.58. The van der Waals surface area contributed by atoms with Crippen molar-refractivity contribution in [3.05, 3.63) is 0 Å². The van der Waals surface area contributed by atoms with E-state index in [-0.39, 0.29) is 17.1 Å². The second-order valence-corrected chi connectivity index (χ2v) is 8.07. The van der Waals surface area contributed by atoms with Crippen LogP contribution in [0, 0.1) is 23.2 Å². The zero-order chi connectivity index (χ0) is 14.2. The molecule has 0 aromatic heterocycles. The molecule has 5 atom stereocenters. The Morgan fingerprint density at radius 1 is 1.53 bits per heavy atom. The molecule has 0 heterocycles. The Kier molecular flexibility index (Phi) is 4.63. The van der Waals surface area contributed by atoms with Gasteiger partial charge in [-0.1, -0.05) is 13.8 Å². The van der Waals surface area contributed by atoms with Gasteiger partial charge >= 0.3 is 0 Å². The van der Waals surface area contributed by atoms with Crippen LogP contribution >= 0.6 is 11.8 Å². The molecule has 19 heavy (non-hydrogen) atoms. The number of hydrogen-bond acceptors (Lipinski definition) is 4. The van der Waals surface area contributed by atoms with Crippen LogP contribution in [0.4, 0.5) is 0 Å². The molecule has 0 amide bonds. The van der Waals surface area contributed by atoms with E-state index in [0.717, 1.165) is 12.2 Å². The third-order valence-corrected chi connectivity index (χ3v) is 6.86. The van der Waals surface area contributed by atoms with Crippen LogP contribution in [0.5, 0.6) is 0 Å². The summed E-state index contributed by atoms with van der Waals surface area (Å²) >= 11 is 1.95. The zero-order valence-corrected chi connectivity index (χ0v) is 13.1. The lowest BCUT2D eigenvalue weighted by atomic mass is 9.63. The number of aliphatic hydroxyl groups excluding tert-OH is 1. The number of carbonyl (C=O) groups excluding carboxylic acids is 1. The lowest BCUT2D eigenvalue weighted by molar-refractivity contribution is -0.135. The van der Waals surface area contributed by atoms with E-state index in [0.29, 0.717) is 30.1 Å². The molecule has 0 radical (unpaired) electrons. The van der Waals surface area contributed by atoms with Gasteiger partial charge in [-0.3, -0.25) is 4.79 Å². The second-order valence-electron chi connectivity index (χ2n) is 6.76. The first-order valence-electron chi connectivity index (χ1n) is 7.42. The van der Waals surface area contributed by atoms with Crippen LogP contribution in [0.3, 0.4) is 0 Å². The highest BCUT2D eigenvalue weighted by atomic mass is 32.2. The first kappa shape index (κ1) is 15.3. The molecule has 3 N–H and O–H groups in total. The normalized spacial score (nSPS) is 39.1. The van der Waals surface area contributed by atoms with Crippen molar-refractivity contribution in [2.45, 2.75) is 51.4 Å². The minimum absolute atomic E-state index is 0.113. The van der Waals surface area contributed by atoms with Crippen molar-refractivity contribution in [2.75, 3.05) is 12.3 Å². The Hall–Kier alpha value is -0.0600. The molecule has 0 saturated heterocycles. The van der Waals surface area contributed by atoms with Crippen LogP contribution in [0.15, 0.2) is 0 Å². The lowest BCUT2D eigenvalue weighted by Crippen LogP contribution is -2.45. The number of Topliss-reactive ketones (excluding diaryl/α,β-unsaturated/α-hetero) is 1. The SMILES string of the molecule is CC(O)C1C(=O)CC[C@@H]2CC(SCCN)C(C)(C)C12. The molecule has 2 fully saturated rings. The average Bonchev–Trinajstić information content (AvgIpc) is 2.58. The predicted octanol–water partition coefficient (Wildman–Crippen LogP) is 2.07. The van der Waals surface area contributed by atoms with Crippen molar-refractivity contribution in [1.82, 2.24) is 0 Å². The molecule has 2 saturated carbocycles. The number of fused-ring (bicyclic) bond motifs is 1. The zero-order valence-electron chi connectivity index (χ0n) is 12.3. The highest BCUT2D eigenvalue weighted by Gasteiger charge is 2.56. The first-order valence-corrected chi connectivity index (χ1v) is 8.47. The Morgan fingerprint density at radius 2 is 2.21 bits per heavy atom. The standard InChI is InChI=1S/C15H27NO2S/c1-9(17)13-11(18)5-4-10-8-12(19-7-6-16)15(2,3)14(10)13/h9-10,12-14,17H,4-8,16H2,1-3H3/t9?,10-,12?,13?,14?/m1/s1. The van der Waals surface area contributed by atoms with E-state index in [1.807, 2.05) is 11.8 Å². The number of nitrogens with two attached hydrogens (primary N) is 1. The monoisotopic (exact) mass is 285 g/mol. The smallest absolute Gasteiger partial charge is 0.138 e. The van der Waals surface area contributed by atoms with Gasteiger partial charge < -0.3 is 10.8 Å². The van der Waals surface area contributed by atoms with E-state index in [9.17, 15) is 9.90 Å². The van der Waals surface area contributed by atoms with Gasteiger partial charge in [0, 0.05) is 29.9 Å². The summed E-state index contributed by atoms with van der Waals surface area (Å²) in [5, 5.41) is 10.6. The Balaban J connectivity index is 2.22. The summed E-state index contributed by atoms with van der Waals surface area (Å²) < 4.78 is 0. The summed E-state index contributed by atoms with van der Waals surface area (Å²) in [6.45, 7) is 7.05. The molecule has 2 aliphatic rings. The van der Waals surface area contributed by atoms with Gasteiger partial charge in [-0.05, 0) is 37.0 Å². The number of thioether (sulfide) groups is 1. The fourth-order valence-electron chi connectivity index (χ4n) is 4.36. The number of aliphatic hydroxyl groups is 1. The highest BCUT2D eigenvalue weighted by molar-refractivity contribution is 7.99. The van der Waals surface area contributed by atoms with Gasteiger partial charge in [-0.15, -0.1) is 0 Å². The van der Waals surface area contributed by atoms with Crippen LogP contribution in [0.25, 0.3) is 0 Å². The largest absolute Gasteiger partial charge is 0.393 e. The Morgan fingerprint density at radius 3 is 2.79 bits per heavy atom. The molecule has 0 spiro atoms. The Labute approximate surface area is 120 Å². The maximum absolute atomic E-state index is 12.2. The number of rotatable bonds is 4. The fraction of sp³-hybridized carbons (Fsp3) is 0.933. The molecule has 4 unspecified atom stereocenters. The number of hydrogen-bond donors (Lipinski definition) is 2. The van der Waals surface area contributed by atoms with E-state index in [1.165, 1.54) is 6.42 Å². The van der Waals surface area contributed by atoms with Crippen molar-refractivity contribution < 1.29 is 9.90 Å². The predicted molar refractivity (Wildman–Crippen MR) is 80.1 cm³/mol. The van der Waals surface area contributed by atoms with Gasteiger partial charge in [-0.25, -0.2) is 0 Å². The Bertz CT molecular complexity index is 343. The summed E-state index contributed by atoms with van der Waals surface area (Å²) in [5.41, 5.74) is 5.74. The topological polar surface area (TPSA) is 63.3 Å². The first-order chi connectivity index (χ1) is 8.89. The number of carbonyl (C=O) groups is 1. The molecular formula is C15H27NO2S. The van der Waals surface area contributed by atoms with E-state index in [1.54, 1.807) is 6.92 Å². The van der Waals surface area contributed by atoms with Crippen molar-refractivity contribution >= 4 is 17.5 Å². The van der Waals surface area contributed by atoms with Crippen molar-refractivity contribution in [2.24, 2.45) is 28.9 Å². The van der Waals surface area contributed by atoms with Crippen LogP contribution in [0.1, 0.15) is 40.0 Å². The van der Waals surface area contributed by atoms with Crippen LogP contribution in [-0.2, 0) is 4.79 Å². The minimum atomic E-state index is -0.516. The maximum Gasteiger partial charge on any atom is 0.138 e. The average molecular weight is 285 g/mol. The molecule has 3 nitrogen and oxygen atoms in total. The molecule has 0 aromatic rings. The van der Waals surface area contributed by atoms with Crippen molar-refractivity contribution in [3.63, 3.8) is 0 Å². The molecule has 0 bridgehead atoms. The molecule has 2 rings (SSSR count). The van der Waals surface area contributed by atoms with Crippen LogP contribution < -0.4 is 5.73 Å². The molecule has 0 aliphatic heterocycles. The molecule has 4 heteroatoms. The van der Waals surface area contributed by atoms with E-state index in [2.05, 4.69) is 13.8 Å². The molecule has 0 aromatic carbocycles. The van der Waals surface area contributed by atoms with Crippen molar-refractivity contribution in [1.29, 1.82) is 0 Å². The van der Waals surface area contributed by atoms with Gasteiger partial charge in [0.2, 0.25) is 0 Å². The van der Waals surface area contributed by atoms with Gasteiger partial charge in [0.1, 0.15) is 5.78 Å². The summed E-state index contributed by atoms with van der Waals surface area (Å²) in [4.78, 5) is 12.2. The fourth-order valence-corrected chi connectivity index (χ4v) is 5.75. The van der Waals surface area contributed by atoms with Gasteiger partial charge in [0.05, 0.1) is 6.10 Å². The molecule has 2 aliphatic carbocycles. The molecular weight excluding hydrogens is 258 g/mol. The summed E-state index contributed by atoms with van der Waals surface area (Å²) in [7, 11) is 0. The third-order valence-electron chi connectivity index (χ3n) is 5.19. The van der Waals surface area contributed by atoms with Crippen molar-refractivity contribution in [3.8, 4) is 0 Å².